The molecule has 0 aliphatic rings. The van der Waals surface area contributed by atoms with Crippen molar-refractivity contribution in [3.05, 3.63) is 59.2 Å². The predicted molar refractivity (Wildman–Crippen MR) is 115 cm³/mol. The van der Waals surface area contributed by atoms with E-state index in [1.54, 1.807) is 36.0 Å². The van der Waals surface area contributed by atoms with Crippen LogP contribution in [0.25, 0.3) is 0 Å². The van der Waals surface area contributed by atoms with E-state index >= 15 is 0 Å². The van der Waals surface area contributed by atoms with Crippen LogP contribution in [0.2, 0.25) is 0 Å². The number of carbonyl (C=O) groups is 1. The Balaban J connectivity index is 2.08. The van der Waals surface area contributed by atoms with Gasteiger partial charge in [0, 0.05) is 11.9 Å². The van der Waals surface area contributed by atoms with Crippen LogP contribution in [-0.2, 0) is 14.8 Å². The molecule has 2 aromatic carbocycles. The van der Waals surface area contributed by atoms with Crippen molar-refractivity contribution in [1.29, 1.82) is 0 Å². The number of amides is 1. The zero-order chi connectivity index (χ0) is 20.9. The van der Waals surface area contributed by atoms with Crippen molar-refractivity contribution < 1.29 is 13.2 Å². The first kappa shape index (κ1) is 22.5. The molecule has 152 valence electrons. The summed E-state index contributed by atoms with van der Waals surface area (Å²) in [5.41, 5.74) is 3.39. The van der Waals surface area contributed by atoms with Crippen molar-refractivity contribution in [2.24, 2.45) is 0 Å². The highest BCUT2D eigenvalue weighted by Gasteiger charge is 2.24. The molecule has 0 spiro atoms. The van der Waals surface area contributed by atoms with E-state index in [2.05, 4.69) is 11.4 Å². The predicted octanol–water partition coefficient (Wildman–Crippen LogP) is 3.91. The number of carbonyl (C=O) groups excluding carboxylic acids is 1. The summed E-state index contributed by atoms with van der Waals surface area (Å²) in [6, 6.07) is 12.6. The number of sulfonamides is 1. The van der Waals surface area contributed by atoms with Crippen LogP contribution in [0.15, 0.2) is 52.3 Å². The van der Waals surface area contributed by atoms with Gasteiger partial charge in [-0.15, -0.1) is 11.8 Å². The standard InChI is InChI=1S/C21H28N2O3S2/c1-6-20(17-8-7-15(2)16(3)13-17)22-21(24)14-23(4)28(25,26)19-11-9-18(27-5)10-12-19/h7-13,20H,6,14H2,1-5H3,(H,22,24). The topological polar surface area (TPSA) is 66.5 Å². The summed E-state index contributed by atoms with van der Waals surface area (Å²) in [6.07, 6.45) is 2.65. The summed E-state index contributed by atoms with van der Waals surface area (Å²) >= 11 is 1.54. The number of hydrogen-bond acceptors (Lipinski definition) is 4. The Bertz CT molecular complexity index is 925. The van der Waals surface area contributed by atoms with E-state index in [0.29, 0.717) is 0 Å². The summed E-state index contributed by atoms with van der Waals surface area (Å²) in [4.78, 5) is 13.7. The third kappa shape index (κ3) is 5.37. The summed E-state index contributed by atoms with van der Waals surface area (Å²) < 4.78 is 26.5. The lowest BCUT2D eigenvalue weighted by Gasteiger charge is -2.21. The first-order valence-corrected chi connectivity index (χ1v) is 11.8. The minimum atomic E-state index is -3.72. The second-order valence-electron chi connectivity index (χ2n) is 6.81. The molecule has 28 heavy (non-hydrogen) atoms. The number of rotatable bonds is 8. The molecular formula is C21H28N2O3S2. The van der Waals surface area contributed by atoms with Gasteiger partial charge >= 0.3 is 0 Å². The molecule has 2 aromatic rings. The molecular weight excluding hydrogens is 392 g/mol. The van der Waals surface area contributed by atoms with E-state index in [0.717, 1.165) is 21.2 Å². The van der Waals surface area contributed by atoms with Crippen molar-refractivity contribution in [1.82, 2.24) is 9.62 Å². The van der Waals surface area contributed by atoms with Crippen molar-refractivity contribution in [3.63, 3.8) is 0 Å². The highest BCUT2D eigenvalue weighted by atomic mass is 32.2. The van der Waals surface area contributed by atoms with Crippen LogP contribution < -0.4 is 5.32 Å². The van der Waals surface area contributed by atoms with Gasteiger partial charge in [0.1, 0.15) is 0 Å². The van der Waals surface area contributed by atoms with Crippen LogP contribution in [-0.4, -0.2) is 38.5 Å². The summed E-state index contributed by atoms with van der Waals surface area (Å²) in [6.45, 7) is 5.85. The van der Waals surface area contributed by atoms with Gasteiger partial charge in [-0.05, 0) is 67.5 Å². The van der Waals surface area contributed by atoms with Gasteiger partial charge in [0.2, 0.25) is 15.9 Å². The van der Waals surface area contributed by atoms with Gasteiger partial charge in [-0.3, -0.25) is 4.79 Å². The Labute approximate surface area is 172 Å². The maximum Gasteiger partial charge on any atom is 0.243 e. The molecule has 2 rings (SSSR count). The van der Waals surface area contributed by atoms with E-state index in [4.69, 9.17) is 0 Å². The first-order valence-electron chi connectivity index (χ1n) is 9.16. The molecule has 0 saturated carbocycles. The molecule has 0 saturated heterocycles. The van der Waals surface area contributed by atoms with Gasteiger partial charge in [0.25, 0.3) is 0 Å². The number of thioether (sulfide) groups is 1. The van der Waals surface area contributed by atoms with Crippen molar-refractivity contribution in [2.75, 3.05) is 19.8 Å². The van der Waals surface area contributed by atoms with Crippen LogP contribution >= 0.6 is 11.8 Å². The molecule has 1 amide bonds. The van der Waals surface area contributed by atoms with Crippen molar-refractivity contribution >= 4 is 27.7 Å². The van der Waals surface area contributed by atoms with Gasteiger partial charge in [-0.1, -0.05) is 25.1 Å². The monoisotopic (exact) mass is 420 g/mol. The van der Waals surface area contributed by atoms with Crippen LogP contribution in [0.1, 0.15) is 36.1 Å². The van der Waals surface area contributed by atoms with Gasteiger partial charge in [-0.2, -0.15) is 4.31 Å². The average molecular weight is 421 g/mol. The smallest absolute Gasteiger partial charge is 0.243 e. The van der Waals surface area contributed by atoms with Gasteiger partial charge in [-0.25, -0.2) is 8.42 Å². The molecule has 1 unspecified atom stereocenters. The third-order valence-electron chi connectivity index (χ3n) is 4.81. The number of likely N-dealkylation sites (N-methyl/N-ethyl adjacent to an activating group) is 1. The average Bonchev–Trinajstić information content (AvgIpc) is 2.68. The summed E-state index contributed by atoms with van der Waals surface area (Å²) in [7, 11) is -2.29. The highest BCUT2D eigenvalue weighted by molar-refractivity contribution is 7.98. The Hall–Kier alpha value is -1.83. The van der Waals surface area contributed by atoms with E-state index in [1.165, 1.54) is 18.2 Å². The zero-order valence-electron chi connectivity index (χ0n) is 17.0. The van der Waals surface area contributed by atoms with Crippen LogP contribution in [0.4, 0.5) is 0 Å². The number of hydrogen-bond donors (Lipinski definition) is 1. The second-order valence-corrected chi connectivity index (χ2v) is 9.73. The maximum absolute atomic E-state index is 12.7. The first-order chi connectivity index (χ1) is 13.2. The van der Waals surface area contributed by atoms with E-state index in [9.17, 15) is 13.2 Å². The minimum absolute atomic E-state index is 0.149. The molecule has 1 N–H and O–H groups in total. The largest absolute Gasteiger partial charge is 0.348 e. The fraction of sp³-hybridized carbons (Fsp3) is 0.381. The number of nitrogens with zero attached hydrogens (tertiary/aromatic N) is 1. The van der Waals surface area contributed by atoms with Crippen LogP contribution in [0.5, 0.6) is 0 Å². The molecule has 0 aliphatic carbocycles. The number of aryl methyl sites for hydroxylation is 2. The highest BCUT2D eigenvalue weighted by Crippen LogP contribution is 2.21. The quantitative estimate of drug-likeness (QED) is 0.658. The SMILES string of the molecule is CCC(NC(=O)CN(C)S(=O)(=O)c1ccc(SC)cc1)c1ccc(C)c(C)c1. The maximum atomic E-state index is 12.7. The molecule has 0 aliphatic heterocycles. The van der Waals surface area contributed by atoms with Gasteiger partial charge in [0.05, 0.1) is 17.5 Å². The summed E-state index contributed by atoms with van der Waals surface area (Å²) in [5.74, 6) is -0.322. The van der Waals surface area contributed by atoms with E-state index < -0.39 is 10.0 Å². The Morgan fingerprint density at radius 2 is 1.75 bits per heavy atom. The van der Waals surface area contributed by atoms with Gasteiger partial charge < -0.3 is 5.32 Å². The lowest BCUT2D eigenvalue weighted by atomic mass is 9.99. The molecule has 0 fully saturated rings. The molecule has 1 atom stereocenters. The second kappa shape index (κ2) is 9.58. The number of nitrogens with one attached hydrogen (secondary N) is 1. The Morgan fingerprint density at radius 1 is 1.11 bits per heavy atom. The van der Waals surface area contributed by atoms with Crippen molar-refractivity contribution in [2.45, 2.75) is 43.0 Å². The van der Waals surface area contributed by atoms with E-state index in [-0.39, 0.29) is 23.4 Å². The molecule has 0 radical (unpaired) electrons. The number of benzene rings is 2. The molecule has 0 heterocycles. The van der Waals surface area contributed by atoms with Crippen LogP contribution in [0.3, 0.4) is 0 Å². The summed E-state index contributed by atoms with van der Waals surface area (Å²) in [5, 5.41) is 2.95. The van der Waals surface area contributed by atoms with Crippen LogP contribution in [0, 0.1) is 13.8 Å². The van der Waals surface area contributed by atoms with E-state index in [1.807, 2.05) is 39.2 Å². The Kier molecular flexibility index (Phi) is 7.69. The lowest BCUT2D eigenvalue weighted by Crippen LogP contribution is -2.39. The molecule has 0 bridgehead atoms. The van der Waals surface area contributed by atoms with Crippen molar-refractivity contribution in [3.8, 4) is 0 Å². The zero-order valence-corrected chi connectivity index (χ0v) is 18.7. The fourth-order valence-electron chi connectivity index (χ4n) is 2.86. The molecule has 7 heteroatoms. The lowest BCUT2D eigenvalue weighted by molar-refractivity contribution is -0.121. The van der Waals surface area contributed by atoms with Gasteiger partial charge in [0.15, 0.2) is 0 Å². The molecule has 0 aromatic heterocycles. The Morgan fingerprint density at radius 3 is 2.29 bits per heavy atom. The molecule has 5 nitrogen and oxygen atoms in total. The minimum Gasteiger partial charge on any atom is -0.348 e. The third-order valence-corrected chi connectivity index (χ3v) is 7.37. The normalized spacial score (nSPS) is 12.8. The fourth-order valence-corrected chi connectivity index (χ4v) is 4.39.